The van der Waals surface area contributed by atoms with Crippen LogP contribution in [0, 0.1) is 0 Å². The highest BCUT2D eigenvalue weighted by Gasteiger charge is 2.23. The standard InChI is InChI=1S/C7H16NOS/c1-8(4-5-9)3-2-6-10-7-8/h9H,2-7H2,1H3/q+1. The van der Waals surface area contributed by atoms with E-state index in [1.165, 1.54) is 24.6 Å². The molecule has 1 fully saturated rings. The first-order valence-electron chi connectivity index (χ1n) is 3.79. The molecule has 0 aliphatic carbocycles. The summed E-state index contributed by atoms with van der Waals surface area (Å²) in [6, 6.07) is 0. The Bertz CT molecular complexity index is 96.3. The molecule has 0 spiro atoms. The monoisotopic (exact) mass is 162 g/mol. The topological polar surface area (TPSA) is 20.2 Å². The number of thioether (sulfide) groups is 1. The van der Waals surface area contributed by atoms with E-state index in [1.807, 2.05) is 11.8 Å². The maximum absolute atomic E-state index is 8.76. The second kappa shape index (κ2) is 3.60. The summed E-state index contributed by atoms with van der Waals surface area (Å²) >= 11 is 2.00. The Morgan fingerprint density at radius 2 is 2.40 bits per heavy atom. The Balaban J connectivity index is 2.32. The highest BCUT2D eigenvalue weighted by molar-refractivity contribution is 7.99. The van der Waals surface area contributed by atoms with Gasteiger partial charge in [0.15, 0.2) is 0 Å². The van der Waals surface area contributed by atoms with Crippen LogP contribution >= 0.6 is 11.8 Å². The molecule has 1 aliphatic heterocycles. The summed E-state index contributed by atoms with van der Waals surface area (Å²) in [5.74, 6) is 2.49. The lowest BCUT2D eigenvalue weighted by molar-refractivity contribution is -0.898. The minimum Gasteiger partial charge on any atom is -0.391 e. The zero-order valence-electron chi connectivity index (χ0n) is 6.55. The van der Waals surface area contributed by atoms with Crippen LogP contribution in [-0.4, -0.2) is 48.0 Å². The second-order valence-corrected chi connectivity index (χ2v) is 4.26. The highest BCUT2D eigenvalue weighted by atomic mass is 32.2. The third-order valence-corrected chi connectivity index (χ3v) is 3.41. The van der Waals surface area contributed by atoms with Gasteiger partial charge in [-0.15, -0.1) is 11.8 Å². The summed E-state index contributed by atoms with van der Waals surface area (Å²) in [4.78, 5) is 0. The van der Waals surface area contributed by atoms with Gasteiger partial charge in [-0.1, -0.05) is 0 Å². The molecule has 60 valence electrons. The number of rotatable bonds is 2. The Morgan fingerprint density at radius 1 is 1.60 bits per heavy atom. The van der Waals surface area contributed by atoms with Gasteiger partial charge < -0.3 is 9.59 Å². The number of likely N-dealkylation sites (N-methyl/N-ethyl adjacent to an activating group) is 1. The zero-order chi connectivity index (χ0) is 7.45. The number of hydrogen-bond acceptors (Lipinski definition) is 2. The fraction of sp³-hybridized carbons (Fsp3) is 1.00. The Labute approximate surface area is 66.8 Å². The molecule has 0 amide bonds. The van der Waals surface area contributed by atoms with Crippen LogP contribution in [0.1, 0.15) is 6.42 Å². The fourth-order valence-corrected chi connectivity index (χ4v) is 2.48. The van der Waals surface area contributed by atoms with Gasteiger partial charge in [0.05, 0.1) is 20.2 Å². The van der Waals surface area contributed by atoms with E-state index in [0.29, 0.717) is 6.61 Å². The van der Waals surface area contributed by atoms with Crippen LogP contribution in [0.4, 0.5) is 0 Å². The van der Waals surface area contributed by atoms with Gasteiger partial charge in [-0.3, -0.25) is 0 Å². The summed E-state index contributed by atoms with van der Waals surface area (Å²) in [5, 5.41) is 8.76. The maximum atomic E-state index is 8.76. The van der Waals surface area contributed by atoms with Crippen molar-refractivity contribution in [2.24, 2.45) is 0 Å². The maximum Gasteiger partial charge on any atom is 0.125 e. The van der Waals surface area contributed by atoms with Gasteiger partial charge >= 0.3 is 0 Å². The summed E-state index contributed by atoms with van der Waals surface area (Å²) in [6.07, 6.45) is 1.31. The molecule has 0 aromatic rings. The van der Waals surface area contributed by atoms with Gasteiger partial charge in [0.1, 0.15) is 12.4 Å². The predicted octanol–water partition coefficient (Wildman–Crippen LogP) is 0.520. The molecule has 0 saturated carbocycles. The normalized spacial score (nSPS) is 34.2. The SMILES string of the molecule is C[N+]1(CCO)CCCSC1. The molecule has 1 aliphatic rings. The minimum absolute atomic E-state index is 0.330. The first kappa shape index (κ1) is 8.37. The molecule has 3 heteroatoms. The highest BCUT2D eigenvalue weighted by Crippen LogP contribution is 2.19. The van der Waals surface area contributed by atoms with Crippen LogP contribution in [0.15, 0.2) is 0 Å². The fourth-order valence-electron chi connectivity index (χ4n) is 1.32. The third kappa shape index (κ3) is 2.15. The first-order valence-corrected chi connectivity index (χ1v) is 4.94. The molecular formula is C7H16NOS+. The van der Waals surface area contributed by atoms with E-state index >= 15 is 0 Å². The molecule has 1 saturated heterocycles. The van der Waals surface area contributed by atoms with Crippen LogP contribution in [0.5, 0.6) is 0 Å². The third-order valence-electron chi connectivity index (χ3n) is 2.03. The lowest BCUT2D eigenvalue weighted by Crippen LogP contribution is -2.48. The van der Waals surface area contributed by atoms with Crippen LogP contribution in [-0.2, 0) is 0 Å². The van der Waals surface area contributed by atoms with E-state index in [0.717, 1.165) is 11.0 Å². The zero-order valence-corrected chi connectivity index (χ0v) is 7.36. The predicted molar refractivity (Wildman–Crippen MR) is 44.9 cm³/mol. The van der Waals surface area contributed by atoms with E-state index in [4.69, 9.17) is 5.11 Å². The largest absolute Gasteiger partial charge is 0.391 e. The van der Waals surface area contributed by atoms with Gasteiger partial charge in [-0.2, -0.15) is 0 Å². The molecule has 2 nitrogen and oxygen atoms in total. The van der Waals surface area contributed by atoms with Crippen molar-refractivity contribution in [3.05, 3.63) is 0 Å². The number of aliphatic hydroxyl groups is 1. The molecule has 0 bridgehead atoms. The van der Waals surface area contributed by atoms with Gasteiger partial charge in [-0.05, 0) is 0 Å². The molecule has 0 aromatic carbocycles. The van der Waals surface area contributed by atoms with Crippen molar-refractivity contribution in [3.63, 3.8) is 0 Å². The molecule has 0 aromatic heterocycles. The first-order chi connectivity index (χ1) is 4.77. The number of hydrogen-bond donors (Lipinski definition) is 1. The molecule has 1 heterocycles. The Morgan fingerprint density at radius 3 is 2.90 bits per heavy atom. The van der Waals surface area contributed by atoms with Crippen molar-refractivity contribution < 1.29 is 9.59 Å². The molecule has 1 unspecified atom stereocenters. The van der Waals surface area contributed by atoms with Crippen molar-refractivity contribution >= 4 is 11.8 Å². The van der Waals surface area contributed by atoms with Gasteiger partial charge in [-0.25, -0.2) is 0 Å². The molecule has 1 rings (SSSR count). The molecule has 1 atom stereocenters. The van der Waals surface area contributed by atoms with Crippen LogP contribution in [0.25, 0.3) is 0 Å². The van der Waals surface area contributed by atoms with Crippen LogP contribution in [0.2, 0.25) is 0 Å². The Kier molecular flexibility index (Phi) is 3.01. The summed E-state index contributed by atoms with van der Waals surface area (Å²) in [6.45, 7) is 2.50. The van der Waals surface area contributed by atoms with E-state index in [9.17, 15) is 0 Å². The second-order valence-electron chi connectivity index (χ2n) is 3.18. The van der Waals surface area contributed by atoms with E-state index < -0.39 is 0 Å². The molecule has 0 radical (unpaired) electrons. The molecular weight excluding hydrogens is 146 g/mol. The lowest BCUT2D eigenvalue weighted by atomic mass is 10.3. The summed E-state index contributed by atoms with van der Waals surface area (Å²) in [7, 11) is 2.22. The summed E-state index contributed by atoms with van der Waals surface area (Å²) < 4.78 is 1.06. The average molecular weight is 162 g/mol. The molecule has 10 heavy (non-hydrogen) atoms. The smallest absolute Gasteiger partial charge is 0.125 e. The van der Waals surface area contributed by atoms with Crippen molar-refractivity contribution in [2.45, 2.75) is 6.42 Å². The number of quaternary nitrogens is 1. The minimum atomic E-state index is 0.330. The van der Waals surface area contributed by atoms with Crippen molar-refractivity contribution in [1.82, 2.24) is 0 Å². The summed E-state index contributed by atoms with van der Waals surface area (Å²) in [5.41, 5.74) is 0. The van der Waals surface area contributed by atoms with Crippen molar-refractivity contribution in [3.8, 4) is 0 Å². The lowest BCUT2D eigenvalue weighted by Gasteiger charge is -2.36. The van der Waals surface area contributed by atoms with Crippen molar-refractivity contribution in [2.75, 3.05) is 38.4 Å². The van der Waals surface area contributed by atoms with Crippen LogP contribution < -0.4 is 0 Å². The van der Waals surface area contributed by atoms with E-state index in [-0.39, 0.29) is 0 Å². The number of aliphatic hydroxyl groups excluding tert-OH is 1. The van der Waals surface area contributed by atoms with Crippen molar-refractivity contribution in [1.29, 1.82) is 0 Å². The average Bonchev–Trinajstić information content (AvgIpc) is 1.89. The Hall–Kier alpha value is 0.270. The molecule has 1 N–H and O–H groups in total. The van der Waals surface area contributed by atoms with Gasteiger partial charge in [0.2, 0.25) is 0 Å². The van der Waals surface area contributed by atoms with Gasteiger partial charge in [0, 0.05) is 12.2 Å². The van der Waals surface area contributed by atoms with Gasteiger partial charge in [0.25, 0.3) is 0 Å². The van der Waals surface area contributed by atoms with E-state index in [2.05, 4.69) is 7.05 Å². The quantitative estimate of drug-likeness (QED) is 0.597. The van der Waals surface area contributed by atoms with E-state index in [1.54, 1.807) is 0 Å². The van der Waals surface area contributed by atoms with Crippen LogP contribution in [0.3, 0.4) is 0 Å². The number of nitrogens with zero attached hydrogens (tertiary/aromatic N) is 1.